The molecule has 0 N–H and O–H groups in total. The Balaban J connectivity index is 2.14. The molecule has 0 saturated heterocycles. The summed E-state index contributed by atoms with van der Waals surface area (Å²) in [6, 6.07) is 12.1. The summed E-state index contributed by atoms with van der Waals surface area (Å²) in [6.45, 7) is 8.82. The molecule has 4 nitrogen and oxygen atoms in total. The number of hydrogen-bond acceptors (Lipinski definition) is 2. The minimum atomic E-state index is 0.00894. The van der Waals surface area contributed by atoms with Gasteiger partial charge in [-0.25, -0.2) is 4.98 Å². The summed E-state index contributed by atoms with van der Waals surface area (Å²) in [5, 5.41) is 0. The molecule has 0 bridgehead atoms. The zero-order valence-corrected chi connectivity index (χ0v) is 15.4. The second-order valence-corrected chi connectivity index (χ2v) is 6.43. The summed E-state index contributed by atoms with van der Waals surface area (Å²) in [7, 11) is 0. The fourth-order valence-corrected chi connectivity index (χ4v) is 3.26. The normalized spacial score (nSPS) is 11.0. The van der Waals surface area contributed by atoms with Gasteiger partial charge in [-0.3, -0.25) is 9.20 Å². The van der Waals surface area contributed by atoms with E-state index in [9.17, 15) is 4.79 Å². The van der Waals surface area contributed by atoms with Crippen LogP contribution in [-0.2, 0) is 6.42 Å². The standard InChI is InChI=1S/C21H25N3O/c1-5-9-18-19(24-13-8-11-16(4)20(24)22-18)21(25)23(6-2)17-12-7-10-15(3)14-17/h7-8,10-14H,5-6,9H2,1-4H3. The molecular formula is C21H25N3O. The summed E-state index contributed by atoms with van der Waals surface area (Å²) < 4.78 is 1.95. The SMILES string of the molecule is CCCc1nc2c(C)cccn2c1C(=O)N(CC)c1cccc(C)c1. The number of amides is 1. The van der Waals surface area contributed by atoms with Gasteiger partial charge in [0, 0.05) is 18.4 Å². The van der Waals surface area contributed by atoms with Crippen LogP contribution in [0.4, 0.5) is 5.69 Å². The molecule has 0 saturated carbocycles. The lowest BCUT2D eigenvalue weighted by Gasteiger charge is -2.22. The second-order valence-electron chi connectivity index (χ2n) is 6.43. The number of imidazole rings is 1. The molecule has 0 aliphatic carbocycles. The Labute approximate surface area is 149 Å². The second kappa shape index (κ2) is 7.09. The number of rotatable bonds is 5. The Morgan fingerprint density at radius 1 is 1.16 bits per heavy atom. The van der Waals surface area contributed by atoms with Crippen molar-refractivity contribution in [1.29, 1.82) is 0 Å². The zero-order valence-electron chi connectivity index (χ0n) is 15.4. The predicted octanol–water partition coefficient (Wildman–Crippen LogP) is 4.57. The molecule has 0 aliphatic rings. The number of carbonyl (C=O) groups is 1. The number of carbonyl (C=O) groups excluding carboxylic acids is 1. The first-order valence-corrected chi connectivity index (χ1v) is 8.91. The summed E-state index contributed by atoms with van der Waals surface area (Å²) in [4.78, 5) is 20.0. The maximum absolute atomic E-state index is 13.4. The molecule has 25 heavy (non-hydrogen) atoms. The van der Waals surface area contributed by atoms with Crippen LogP contribution >= 0.6 is 0 Å². The van der Waals surface area contributed by atoms with Gasteiger partial charge in [-0.1, -0.05) is 31.5 Å². The summed E-state index contributed by atoms with van der Waals surface area (Å²) in [5.74, 6) is 0.00894. The van der Waals surface area contributed by atoms with Gasteiger partial charge in [0.05, 0.1) is 5.69 Å². The number of hydrogen-bond donors (Lipinski definition) is 0. The van der Waals surface area contributed by atoms with Crippen LogP contribution in [0.15, 0.2) is 42.6 Å². The molecule has 130 valence electrons. The highest BCUT2D eigenvalue weighted by Crippen LogP contribution is 2.23. The van der Waals surface area contributed by atoms with Crippen molar-refractivity contribution in [3.8, 4) is 0 Å². The summed E-state index contributed by atoms with van der Waals surface area (Å²) in [5.41, 5.74) is 5.59. The Kier molecular flexibility index (Phi) is 4.88. The number of nitrogens with zero attached hydrogens (tertiary/aromatic N) is 3. The third-order valence-electron chi connectivity index (χ3n) is 4.48. The first-order chi connectivity index (χ1) is 12.1. The fourth-order valence-electron chi connectivity index (χ4n) is 3.26. The van der Waals surface area contributed by atoms with Gasteiger partial charge in [-0.05, 0) is 56.5 Å². The van der Waals surface area contributed by atoms with E-state index in [0.717, 1.165) is 41.0 Å². The Bertz CT molecular complexity index is 911. The average Bonchev–Trinajstić information content (AvgIpc) is 2.95. The predicted molar refractivity (Wildman–Crippen MR) is 102 cm³/mol. The lowest BCUT2D eigenvalue weighted by atomic mass is 10.1. The van der Waals surface area contributed by atoms with Crippen molar-refractivity contribution < 1.29 is 4.79 Å². The van der Waals surface area contributed by atoms with Gasteiger partial charge in [0.15, 0.2) is 0 Å². The monoisotopic (exact) mass is 335 g/mol. The number of aryl methyl sites for hydroxylation is 3. The Morgan fingerprint density at radius 2 is 1.96 bits per heavy atom. The molecule has 1 aromatic carbocycles. The van der Waals surface area contributed by atoms with Crippen molar-refractivity contribution >= 4 is 17.2 Å². The lowest BCUT2D eigenvalue weighted by molar-refractivity contribution is 0.0981. The van der Waals surface area contributed by atoms with E-state index in [2.05, 4.69) is 13.0 Å². The fraction of sp³-hybridized carbons (Fsp3) is 0.333. The van der Waals surface area contributed by atoms with E-state index >= 15 is 0 Å². The Morgan fingerprint density at radius 3 is 2.64 bits per heavy atom. The summed E-state index contributed by atoms with van der Waals surface area (Å²) in [6.07, 6.45) is 3.69. The van der Waals surface area contributed by atoms with Gasteiger partial charge in [-0.15, -0.1) is 0 Å². The van der Waals surface area contributed by atoms with Gasteiger partial charge < -0.3 is 4.90 Å². The van der Waals surface area contributed by atoms with E-state index in [1.807, 2.05) is 66.6 Å². The molecule has 0 atom stereocenters. The van der Waals surface area contributed by atoms with Crippen LogP contribution in [-0.4, -0.2) is 21.8 Å². The van der Waals surface area contributed by atoms with Crippen molar-refractivity contribution in [2.24, 2.45) is 0 Å². The van der Waals surface area contributed by atoms with Crippen LogP contribution in [0.3, 0.4) is 0 Å². The van der Waals surface area contributed by atoms with Crippen molar-refractivity contribution in [2.45, 2.75) is 40.5 Å². The van der Waals surface area contributed by atoms with Crippen molar-refractivity contribution in [1.82, 2.24) is 9.38 Å². The van der Waals surface area contributed by atoms with Crippen molar-refractivity contribution in [3.05, 3.63) is 65.1 Å². The van der Waals surface area contributed by atoms with E-state index in [1.165, 1.54) is 0 Å². The number of aromatic nitrogens is 2. The number of pyridine rings is 1. The van der Waals surface area contributed by atoms with Gasteiger partial charge in [0.1, 0.15) is 11.3 Å². The van der Waals surface area contributed by atoms with Crippen LogP contribution in [0.1, 0.15) is 47.6 Å². The largest absolute Gasteiger partial charge is 0.307 e. The van der Waals surface area contributed by atoms with Gasteiger partial charge in [0.25, 0.3) is 5.91 Å². The van der Waals surface area contributed by atoms with E-state index in [1.54, 1.807) is 0 Å². The van der Waals surface area contributed by atoms with Crippen molar-refractivity contribution in [3.63, 3.8) is 0 Å². The first-order valence-electron chi connectivity index (χ1n) is 8.91. The van der Waals surface area contributed by atoms with Crippen LogP contribution in [0, 0.1) is 13.8 Å². The third kappa shape index (κ3) is 3.16. The highest BCUT2D eigenvalue weighted by molar-refractivity contribution is 6.06. The minimum Gasteiger partial charge on any atom is -0.307 e. The molecule has 0 radical (unpaired) electrons. The van der Waals surface area contributed by atoms with Crippen LogP contribution < -0.4 is 4.90 Å². The molecule has 2 heterocycles. The maximum atomic E-state index is 13.4. The molecule has 3 rings (SSSR count). The van der Waals surface area contributed by atoms with E-state index < -0.39 is 0 Å². The van der Waals surface area contributed by atoms with E-state index in [4.69, 9.17) is 4.98 Å². The van der Waals surface area contributed by atoms with Gasteiger partial charge in [0.2, 0.25) is 0 Å². The number of benzene rings is 1. The Hall–Kier alpha value is -2.62. The summed E-state index contributed by atoms with van der Waals surface area (Å²) >= 11 is 0. The molecule has 1 amide bonds. The lowest BCUT2D eigenvalue weighted by Crippen LogP contribution is -2.32. The molecule has 4 heteroatoms. The molecule has 0 fully saturated rings. The van der Waals surface area contributed by atoms with Crippen LogP contribution in [0.25, 0.3) is 5.65 Å². The molecule has 0 aliphatic heterocycles. The quantitative estimate of drug-likeness (QED) is 0.685. The van der Waals surface area contributed by atoms with Crippen LogP contribution in [0.5, 0.6) is 0 Å². The van der Waals surface area contributed by atoms with Gasteiger partial charge >= 0.3 is 0 Å². The van der Waals surface area contributed by atoms with E-state index in [-0.39, 0.29) is 5.91 Å². The van der Waals surface area contributed by atoms with Crippen molar-refractivity contribution in [2.75, 3.05) is 11.4 Å². The third-order valence-corrected chi connectivity index (χ3v) is 4.48. The first kappa shape index (κ1) is 17.2. The zero-order chi connectivity index (χ0) is 18.0. The maximum Gasteiger partial charge on any atom is 0.277 e. The van der Waals surface area contributed by atoms with Gasteiger partial charge in [-0.2, -0.15) is 0 Å². The number of fused-ring (bicyclic) bond motifs is 1. The highest BCUT2D eigenvalue weighted by Gasteiger charge is 2.24. The molecule has 0 unspecified atom stereocenters. The minimum absolute atomic E-state index is 0.00894. The average molecular weight is 335 g/mol. The number of anilines is 1. The molecule has 0 spiro atoms. The molecule has 2 aromatic heterocycles. The highest BCUT2D eigenvalue weighted by atomic mass is 16.2. The van der Waals surface area contributed by atoms with Crippen LogP contribution in [0.2, 0.25) is 0 Å². The smallest absolute Gasteiger partial charge is 0.277 e. The molecule has 3 aromatic rings. The topological polar surface area (TPSA) is 37.6 Å². The molecular weight excluding hydrogens is 310 g/mol. The van der Waals surface area contributed by atoms with E-state index in [0.29, 0.717) is 12.2 Å².